The molecule has 0 bridgehead atoms. The molecule has 2 aromatic carbocycles. The summed E-state index contributed by atoms with van der Waals surface area (Å²) in [6.07, 6.45) is 1.93. The zero-order chi connectivity index (χ0) is 15.9. The highest BCUT2D eigenvalue weighted by Gasteiger charge is 2.15. The van der Waals surface area contributed by atoms with Gasteiger partial charge in [0.2, 0.25) is 0 Å². The number of carbonyl (C=O) groups is 1. The molecular formula is C19H21NO2. The van der Waals surface area contributed by atoms with Gasteiger partial charge in [0.25, 0.3) is 0 Å². The lowest BCUT2D eigenvalue weighted by Gasteiger charge is -2.20. The molecule has 0 aliphatic heterocycles. The molecule has 0 saturated carbocycles. The largest absolute Gasteiger partial charge is 0.454 e. The van der Waals surface area contributed by atoms with Gasteiger partial charge < -0.3 is 9.64 Å². The molecule has 0 aliphatic carbocycles. The lowest BCUT2D eigenvalue weighted by molar-refractivity contribution is 0.0396. The summed E-state index contributed by atoms with van der Waals surface area (Å²) in [6, 6.07) is 17.1. The minimum Gasteiger partial charge on any atom is -0.454 e. The molecular weight excluding hydrogens is 274 g/mol. The summed E-state index contributed by atoms with van der Waals surface area (Å²) < 4.78 is 5.55. The zero-order valence-electron chi connectivity index (χ0n) is 13.0. The maximum absolute atomic E-state index is 12.1. The number of rotatable bonds is 6. The van der Waals surface area contributed by atoms with Gasteiger partial charge in [0.15, 0.2) is 0 Å². The number of benzene rings is 2. The molecule has 114 valence electrons. The fraction of sp³-hybridized carbons (Fsp3) is 0.211. The summed E-state index contributed by atoms with van der Waals surface area (Å²) in [5, 5.41) is 0. The first kappa shape index (κ1) is 15.8. The van der Waals surface area contributed by atoms with Crippen LogP contribution in [0, 0.1) is 0 Å². The van der Waals surface area contributed by atoms with Crippen molar-refractivity contribution in [3.63, 3.8) is 0 Å². The van der Waals surface area contributed by atoms with Gasteiger partial charge in [0.05, 0.1) is 5.56 Å². The molecule has 3 heteroatoms. The molecule has 2 rings (SSSR count). The fourth-order valence-electron chi connectivity index (χ4n) is 2.29. The van der Waals surface area contributed by atoms with Crippen LogP contribution in [0.25, 0.3) is 0 Å². The highest BCUT2D eigenvalue weighted by atomic mass is 16.5. The maximum atomic E-state index is 12.1. The fourth-order valence-corrected chi connectivity index (χ4v) is 2.29. The van der Waals surface area contributed by atoms with Gasteiger partial charge in [0.1, 0.15) is 6.10 Å². The maximum Gasteiger partial charge on any atom is 0.338 e. The summed E-state index contributed by atoms with van der Waals surface area (Å²) in [7, 11) is 4.00. The van der Waals surface area contributed by atoms with E-state index in [0.29, 0.717) is 12.0 Å². The van der Waals surface area contributed by atoms with Crippen molar-refractivity contribution >= 4 is 11.7 Å². The van der Waals surface area contributed by atoms with E-state index in [2.05, 4.69) is 17.5 Å². The second kappa shape index (κ2) is 7.46. The third-order valence-electron chi connectivity index (χ3n) is 3.43. The first-order valence-corrected chi connectivity index (χ1v) is 7.25. The first-order valence-electron chi connectivity index (χ1n) is 7.25. The van der Waals surface area contributed by atoms with Crippen molar-refractivity contribution in [3.8, 4) is 0 Å². The van der Waals surface area contributed by atoms with Crippen LogP contribution in [0.2, 0.25) is 0 Å². The summed E-state index contributed by atoms with van der Waals surface area (Å²) in [5.41, 5.74) is 2.79. The molecule has 3 nitrogen and oxygen atoms in total. The Labute approximate surface area is 131 Å². The summed E-state index contributed by atoms with van der Waals surface area (Å²) in [5.74, 6) is -0.326. The number of nitrogens with zero attached hydrogens (tertiary/aromatic N) is 1. The predicted molar refractivity (Wildman–Crippen MR) is 90.3 cm³/mol. The van der Waals surface area contributed by atoms with Crippen LogP contribution in [0.15, 0.2) is 67.3 Å². The van der Waals surface area contributed by atoms with E-state index < -0.39 is 0 Å². The van der Waals surface area contributed by atoms with Crippen LogP contribution in [-0.4, -0.2) is 26.2 Å². The zero-order valence-corrected chi connectivity index (χ0v) is 13.0. The van der Waals surface area contributed by atoms with Crippen LogP contribution in [0.1, 0.15) is 15.9 Å². The van der Waals surface area contributed by atoms with Gasteiger partial charge in [-0.3, -0.25) is 0 Å². The van der Waals surface area contributed by atoms with Gasteiger partial charge in [-0.1, -0.05) is 49.1 Å². The minimum absolute atomic E-state index is 0.326. The molecule has 1 atom stereocenters. The van der Waals surface area contributed by atoms with Crippen LogP contribution in [-0.2, 0) is 11.2 Å². The topological polar surface area (TPSA) is 29.5 Å². The number of esters is 1. The summed E-state index contributed by atoms with van der Waals surface area (Å²) in [6.45, 7) is 3.79. The highest BCUT2D eigenvalue weighted by molar-refractivity contribution is 5.89. The average Bonchev–Trinajstić information content (AvgIpc) is 2.55. The van der Waals surface area contributed by atoms with Gasteiger partial charge in [-0.15, -0.1) is 0 Å². The van der Waals surface area contributed by atoms with E-state index in [9.17, 15) is 4.79 Å². The molecule has 0 N–H and O–H groups in total. The van der Waals surface area contributed by atoms with Crippen molar-refractivity contribution in [1.29, 1.82) is 0 Å². The van der Waals surface area contributed by atoms with Crippen LogP contribution >= 0.6 is 0 Å². The molecule has 0 radical (unpaired) electrons. The van der Waals surface area contributed by atoms with Crippen molar-refractivity contribution < 1.29 is 9.53 Å². The summed E-state index contributed by atoms with van der Waals surface area (Å²) in [4.78, 5) is 14.2. The SMILES string of the molecule is C=CC(Cc1ccccc1N(C)C)OC(=O)c1ccccc1. The Balaban J connectivity index is 2.10. The Morgan fingerprint density at radius 3 is 2.41 bits per heavy atom. The monoisotopic (exact) mass is 295 g/mol. The number of hydrogen-bond donors (Lipinski definition) is 0. The van der Waals surface area contributed by atoms with Gasteiger partial charge in [0, 0.05) is 26.2 Å². The molecule has 0 fully saturated rings. The number of hydrogen-bond acceptors (Lipinski definition) is 3. The molecule has 0 heterocycles. The Bertz CT molecular complexity index is 635. The molecule has 2 aromatic rings. The third kappa shape index (κ3) is 3.98. The van der Waals surface area contributed by atoms with Gasteiger partial charge in [-0.2, -0.15) is 0 Å². The Morgan fingerprint density at radius 2 is 1.77 bits per heavy atom. The average molecular weight is 295 g/mol. The van der Waals surface area contributed by atoms with Crippen molar-refractivity contribution in [2.45, 2.75) is 12.5 Å². The van der Waals surface area contributed by atoms with E-state index in [1.165, 1.54) is 0 Å². The molecule has 22 heavy (non-hydrogen) atoms. The Hall–Kier alpha value is -2.55. The van der Waals surface area contributed by atoms with E-state index in [1.807, 2.05) is 50.5 Å². The molecule has 0 spiro atoms. The number of para-hydroxylation sites is 1. The van der Waals surface area contributed by atoms with Crippen molar-refractivity contribution in [2.24, 2.45) is 0 Å². The second-order valence-electron chi connectivity index (χ2n) is 5.27. The molecule has 0 saturated heterocycles. The van der Waals surface area contributed by atoms with Crippen LogP contribution in [0.4, 0.5) is 5.69 Å². The minimum atomic E-state index is -0.353. The Kier molecular flexibility index (Phi) is 5.37. The lowest BCUT2D eigenvalue weighted by atomic mass is 10.0. The first-order chi connectivity index (χ1) is 10.6. The summed E-state index contributed by atoms with van der Waals surface area (Å²) >= 11 is 0. The molecule has 0 amide bonds. The normalized spacial score (nSPS) is 11.5. The number of anilines is 1. The van der Waals surface area contributed by atoms with Gasteiger partial charge in [-0.05, 0) is 23.8 Å². The van der Waals surface area contributed by atoms with E-state index in [1.54, 1.807) is 18.2 Å². The van der Waals surface area contributed by atoms with Crippen molar-refractivity contribution in [1.82, 2.24) is 0 Å². The van der Waals surface area contributed by atoms with Crippen molar-refractivity contribution in [3.05, 3.63) is 78.4 Å². The Morgan fingerprint density at radius 1 is 1.14 bits per heavy atom. The van der Waals surface area contributed by atoms with Crippen LogP contribution < -0.4 is 4.90 Å². The quantitative estimate of drug-likeness (QED) is 0.601. The molecule has 0 aromatic heterocycles. The van der Waals surface area contributed by atoms with Crippen LogP contribution in [0.5, 0.6) is 0 Å². The smallest absolute Gasteiger partial charge is 0.338 e. The predicted octanol–water partition coefficient (Wildman–Crippen LogP) is 3.71. The second-order valence-corrected chi connectivity index (χ2v) is 5.27. The molecule has 1 unspecified atom stereocenters. The van der Waals surface area contributed by atoms with E-state index in [0.717, 1.165) is 11.3 Å². The highest BCUT2D eigenvalue weighted by Crippen LogP contribution is 2.21. The number of ether oxygens (including phenoxy) is 1. The van der Waals surface area contributed by atoms with Gasteiger partial charge in [-0.25, -0.2) is 4.79 Å². The van der Waals surface area contributed by atoms with E-state index >= 15 is 0 Å². The van der Waals surface area contributed by atoms with Crippen LogP contribution in [0.3, 0.4) is 0 Å². The van der Waals surface area contributed by atoms with E-state index in [4.69, 9.17) is 4.74 Å². The van der Waals surface area contributed by atoms with Gasteiger partial charge >= 0.3 is 5.97 Å². The molecule has 0 aliphatic rings. The third-order valence-corrected chi connectivity index (χ3v) is 3.43. The van der Waals surface area contributed by atoms with Crippen molar-refractivity contribution in [2.75, 3.05) is 19.0 Å². The standard InChI is InChI=1S/C19H21NO2/c1-4-17(22-19(21)15-10-6-5-7-11-15)14-16-12-8-9-13-18(16)20(2)3/h4-13,17H,1,14H2,2-3H3. The number of carbonyl (C=O) groups excluding carboxylic acids is 1. The van der Waals surface area contributed by atoms with E-state index in [-0.39, 0.29) is 12.1 Å². The lowest BCUT2D eigenvalue weighted by Crippen LogP contribution is -2.20.